The lowest BCUT2D eigenvalue weighted by atomic mass is 9.58. The second-order valence-corrected chi connectivity index (χ2v) is 16.6. The maximum atomic E-state index is 13.5. The second-order valence-electron chi connectivity index (χ2n) is 16.6. The fourth-order valence-electron chi connectivity index (χ4n) is 7.74. The number of amides is 1. The summed E-state index contributed by atoms with van der Waals surface area (Å²) < 4.78 is 7.83. The molecule has 0 saturated heterocycles. The van der Waals surface area contributed by atoms with Gasteiger partial charge in [0.1, 0.15) is 5.65 Å². The number of hydrogen-bond donors (Lipinski definition) is 1. The quantitative estimate of drug-likeness (QED) is 0.175. The van der Waals surface area contributed by atoms with Gasteiger partial charge in [-0.15, -0.1) is 13.2 Å². The number of fused-ring (bicyclic) bond motifs is 1. The molecule has 7 heteroatoms. The van der Waals surface area contributed by atoms with Crippen molar-refractivity contribution in [3.8, 4) is 17.3 Å². The number of carbonyl (C=O) groups is 1. The van der Waals surface area contributed by atoms with Gasteiger partial charge in [-0.05, 0) is 98.7 Å². The summed E-state index contributed by atoms with van der Waals surface area (Å²) in [7, 11) is 0. The molecule has 0 bridgehead atoms. The van der Waals surface area contributed by atoms with Crippen molar-refractivity contribution in [3.63, 3.8) is 0 Å². The highest BCUT2D eigenvalue weighted by Crippen LogP contribution is 2.51. The van der Waals surface area contributed by atoms with E-state index in [1.807, 2.05) is 0 Å². The Kier molecular flexibility index (Phi) is 11.2. The molecule has 258 valence electrons. The summed E-state index contributed by atoms with van der Waals surface area (Å²) in [5.74, 6) is 2.56. The van der Waals surface area contributed by atoms with E-state index >= 15 is 0 Å². The van der Waals surface area contributed by atoms with Crippen molar-refractivity contribution in [1.29, 1.82) is 0 Å². The Labute approximate surface area is 289 Å². The molecular formula is C41H57N5O2. The third-order valence-corrected chi connectivity index (χ3v) is 9.50. The summed E-state index contributed by atoms with van der Waals surface area (Å²) in [5.41, 5.74) is 6.69. The number of aryl methyl sites for hydroxylation is 1. The predicted octanol–water partition coefficient (Wildman–Crippen LogP) is 10.8. The fourth-order valence-corrected chi connectivity index (χ4v) is 7.74. The normalized spacial score (nSPS) is 19.9. The number of aromatic amines is 1. The van der Waals surface area contributed by atoms with Crippen molar-refractivity contribution in [3.05, 3.63) is 83.3 Å². The van der Waals surface area contributed by atoms with Crippen LogP contribution >= 0.6 is 0 Å². The number of benzene rings is 1. The first kappa shape index (κ1) is 36.8. The molecule has 4 unspecified atom stereocenters. The number of allylic oxidation sites excluding steroid dienone is 2. The Balaban J connectivity index is 1.94. The van der Waals surface area contributed by atoms with Crippen LogP contribution in [-0.4, -0.2) is 38.7 Å². The summed E-state index contributed by atoms with van der Waals surface area (Å²) in [6, 6.07) is 6.55. The third-order valence-electron chi connectivity index (χ3n) is 9.50. The van der Waals surface area contributed by atoms with Gasteiger partial charge in [-0.2, -0.15) is 0 Å². The van der Waals surface area contributed by atoms with Gasteiger partial charge in [0, 0.05) is 24.2 Å². The molecule has 1 aromatic carbocycles. The average Bonchev–Trinajstić information content (AvgIpc) is 3.50. The molecule has 0 spiro atoms. The van der Waals surface area contributed by atoms with Crippen LogP contribution in [0.2, 0.25) is 0 Å². The average molecular weight is 652 g/mol. The molecule has 1 N–H and O–H groups in total. The van der Waals surface area contributed by atoms with Crippen LogP contribution in [0.15, 0.2) is 55.2 Å². The molecule has 1 saturated carbocycles. The van der Waals surface area contributed by atoms with Crippen LogP contribution in [0.25, 0.3) is 21.9 Å². The SMILES string of the molecule is [C-]#[N+]c1c(CC2C(C=C(C)C)CC(C)CC2C(C)(C)C)c2nc(-c3cc(C)cc(CC(C)(C)C)c3)[nH]n2c1OC(=O)N(CC=C)CC=C. The van der Waals surface area contributed by atoms with Gasteiger partial charge in [0.2, 0.25) is 5.88 Å². The number of carbonyl (C=O) groups excluding carboxylic acids is 1. The highest BCUT2D eigenvalue weighted by Gasteiger charge is 2.42. The highest BCUT2D eigenvalue weighted by atomic mass is 16.6. The van der Waals surface area contributed by atoms with Gasteiger partial charge < -0.3 is 9.64 Å². The number of rotatable bonds is 10. The van der Waals surface area contributed by atoms with Gasteiger partial charge in [0.05, 0.1) is 6.57 Å². The van der Waals surface area contributed by atoms with Crippen molar-refractivity contribution in [2.24, 2.45) is 34.5 Å². The molecule has 1 fully saturated rings. The van der Waals surface area contributed by atoms with Crippen molar-refractivity contribution < 1.29 is 9.53 Å². The molecule has 48 heavy (non-hydrogen) atoms. The number of nitrogens with zero attached hydrogens (tertiary/aromatic N) is 4. The molecule has 0 aliphatic heterocycles. The molecule has 4 atom stereocenters. The molecule has 2 aromatic heterocycles. The minimum absolute atomic E-state index is 0.0805. The molecule has 0 radical (unpaired) electrons. The van der Waals surface area contributed by atoms with Crippen LogP contribution < -0.4 is 4.74 Å². The van der Waals surface area contributed by atoms with E-state index in [1.165, 1.54) is 16.0 Å². The fraction of sp³-hybridized carbons (Fsp3) is 0.537. The minimum Gasteiger partial charge on any atom is -0.402 e. The van der Waals surface area contributed by atoms with Crippen LogP contribution in [0.4, 0.5) is 10.5 Å². The van der Waals surface area contributed by atoms with E-state index in [9.17, 15) is 4.79 Å². The van der Waals surface area contributed by atoms with E-state index < -0.39 is 6.09 Å². The van der Waals surface area contributed by atoms with Crippen LogP contribution in [0.1, 0.15) is 91.8 Å². The van der Waals surface area contributed by atoms with Crippen molar-refractivity contribution in [1.82, 2.24) is 19.5 Å². The maximum absolute atomic E-state index is 13.5. The Bertz CT molecular complexity index is 1700. The lowest BCUT2D eigenvalue weighted by Gasteiger charge is -2.46. The number of hydrogen-bond acceptors (Lipinski definition) is 3. The van der Waals surface area contributed by atoms with E-state index in [-0.39, 0.29) is 16.7 Å². The lowest BCUT2D eigenvalue weighted by molar-refractivity contribution is 0.0521. The zero-order chi connectivity index (χ0) is 35.6. The zero-order valence-corrected chi connectivity index (χ0v) is 31.0. The first-order valence-corrected chi connectivity index (χ1v) is 17.4. The number of nitrogens with one attached hydrogen (secondary N) is 1. The summed E-state index contributed by atoms with van der Waals surface area (Å²) in [6.07, 6.45) is 9.02. The van der Waals surface area contributed by atoms with Crippen molar-refractivity contribution in [2.45, 2.75) is 94.9 Å². The maximum Gasteiger partial charge on any atom is 0.416 e. The summed E-state index contributed by atoms with van der Waals surface area (Å²) >= 11 is 0. The van der Waals surface area contributed by atoms with Gasteiger partial charge in [-0.25, -0.2) is 19.1 Å². The Morgan fingerprint density at radius 2 is 1.79 bits per heavy atom. The Hall–Kier alpha value is -4.05. The first-order chi connectivity index (χ1) is 22.4. The van der Waals surface area contributed by atoms with Gasteiger partial charge in [0.25, 0.3) is 5.69 Å². The third kappa shape index (κ3) is 8.50. The number of ether oxygens (including phenoxy) is 1. The molecule has 3 aromatic rings. The topological polar surface area (TPSA) is 67.0 Å². The first-order valence-electron chi connectivity index (χ1n) is 17.4. The van der Waals surface area contributed by atoms with Gasteiger partial charge >= 0.3 is 6.09 Å². The Morgan fingerprint density at radius 1 is 1.12 bits per heavy atom. The monoisotopic (exact) mass is 651 g/mol. The van der Waals surface area contributed by atoms with E-state index in [0.717, 1.165) is 36.0 Å². The van der Waals surface area contributed by atoms with Gasteiger partial charge in [0.15, 0.2) is 5.82 Å². The molecule has 4 rings (SSSR count). The molecule has 1 aliphatic rings. The summed E-state index contributed by atoms with van der Waals surface area (Å²) in [4.78, 5) is 24.3. The largest absolute Gasteiger partial charge is 0.416 e. The smallest absolute Gasteiger partial charge is 0.402 e. The summed E-state index contributed by atoms with van der Waals surface area (Å²) in [6.45, 7) is 39.1. The lowest BCUT2D eigenvalue weighted by Crippen LogP contribution is -2.39. The second kappa shape index (κ2) is 14.6. The Morgan fingerprint density at radius 3 is 2.35 bits per heavy atom. The van der Waals surface area contributed by atoms with E-state index in [0.29, 0.717) is 60.3 Å². The number of aromatic nitrogens is 3. The minimum atomic E-state index is -0.564. The number of H-pyrrole nitrogens is 1. The van der Waals surface area contributed by atoms with Crippen LogP contribution in [0.5, 0.6) is 5.88 Å². The van der Waals surface area contributed by atoms with Crippen LogP contribution in [0.3, 0.4) is 0 Å². The zero-order valence-electron chi connectivity index (χ0n) is 31.0. The van der Waals surface area contributed by atoms with Crippen molar-refractivity contribution >= 4 is 17.4 Å². The molecule has 7 nitrogen and oxygen atoms in total. The summed E-state index contributed by atoms with van der Waals surface area (Å²) in [5, 5.41) is 3.44. The standard InChI is InChI=1S/C41H57N5O2/c1-14-16-45(17-15-2)39(47)48-38-35(42-13)33(24-32-30(18-26(3)4)20-28(6)22-34(32)41(10,11)12)37-43-36(44-46(37)38)31-21-27(5)19-29(23-31)25-40(7,8)9/h14-15,18-19,21,23,28,30,32,34H,1-2,16-17,20,22,24-25H2,3-12H3,(H,43,44). The molecule has 2 heterocycles. The van der Waals surface area contributed by atoms with E-state index in [2.05, 4.69) is 117 Å². The van der Waals surface area contributed by atoms with E-state index in [4.69, 9.17) is 16.3 Å². The predicted molar refractivity (Wildman–Crippen MR) is 199 cm³/mol. The van der Waals surface area contributed by atoms with Gasteiger partial charge in [-0.1, -0.05) is 83.9 Å². The van der Waals surface area contributed by atoms with Gasteiger partial charge in [-0.3, -0.25) is 5.10 Å². The molecular weight excluding hydrogens is 594 g/mol. The molecule has 1 amide bonds. The van der Waals surface area contributed by atoms with E-state index in [1.54, 1.807) is 16.7 Å². The molecule has 1 aliphatic carbocycles. The van der Waals surface area contributed by atoms with Crippen LogP contribution in [0, 0.1) is 48.0 Å². The van der Waals surface area contributed by atoms with Crippen LogP contribution in [-0.2, 0) is 12.8 Å². The highest BCUT2D eigenvalue weighted by molar-refractivity contribution is 5.80. The van der Waals surface area contributed by atoms with Crippen molar-refractivity contribution in [2.75, 3.05) is 13.1 Å².